The van der Waals surface area contributed by atoms with Crippen molar-refractivity contribution in [1.82, 2.24) is 4.57 Å². The molecule has 3 nitrogen and oxygen atoms in total. The Hall–Kier alpha value is -6.00. The van der Waals surface area contributed by atoms with Gasteiger partial charge in [0.1, 0.15) is 11.2 Å². The molecule has 3 aliphatic rings. The standard InChI is InChI=1S/C61H61BN2O/c1-57(2,3)34-21-24-36(25-22-34)63-46-26-23-35(58(4,5)6)29-40(46)53-54-51(38-18-13-15-19-42(38)61(54,11)12)52-41-30-43-44(60(9,10)28-27-59(43,7)8)32-47(41)64-48-31-39-37-17-14-16-20-49(37)65-50(39)33-45(48)62-55(53)56(52)64/h13-26,29-33,62-63H,27-28H2,1-12H3. The minimum Gasteiger partial charge on any atom is -0.456 e. The number of nitrogens with zero attached hydrogens (tertiary/aromatic N) is 1. The van der Waals surface area contributed by atoms with Crippen LogP contribution in [0.1, 0.15) is 129 Å². The second kappa shape index (κ2) is 13.1. The molecule has 0 saturated carbocycles. The predicted octanol–water partition coefficient (Wildman–Crippen LogP) is 15.0. The number of hydrogen-bond acceptors (Lipinski definition) is 2. The maximum Gasteiger partial charge on any atom is 0.198 e. The smallest absolute Gasteiger partial charge is 0.198 e. The molecule has 9 aromatic rings. The number of anilines is 2. The molecular formula is C61H61BN2O. The van der Waals surface area contributed by atoms with Crippen molar-refractivity contribution >= 4 is 73.3 Å². The van der Waals surface area contributed by atoms with E-state index in [0.29, 0.717) is 0 Å². The summed E-state index contributed by atoms with van der Waals surface area (Å²) in [6.45, 7) is 28.7. The Morgan fingerprint density at radius 1 is 0.585 bits per heavy atom. The first-order chi connectivity index (χ1) is 30.7. The molecule has 324 valence electrons. The van der Waals surface area contributed by atoms with Crippen LogP contribution in [-0.4, -0.2) is 11.8 Å². The van der Waals surface area contributed by atoms with Crippen molar-refractivity contribution in [2.75, 3.05) is 5.32 Å². The lowest BCUT2D eigenvalue weighted by Gasteiger charge is -2.42. The summed E-state index contributed by atoms with van der Waals surface area (Å²) < 4.78 is 9.38. The zero-order valence-electron chi connectivity index (χ0n) is 40.4. The molecule has 3 heterocycles. The highest BCUT2D eigenvalue weighted by Gasteiger charge is 2.44. The first-order valence-electron chi connectivity index (χ1n) is 24.0. The minimum absolute atomic E-state index is 0.0571. The highest BCUT2D eigenvalue weighted by atomic mass is 16.3. The van der Waals surface area contributed by atoms with E-state index in [1.54, 1.807) is 0 Å². The van der Waals surface area contributed by atoms with Crippen molar-refractivity contribution < 1.29 is 4.42 Å². The van der Waals surface area contributed by atoms with Gasteiger partial charge in [-0.15, -0.1) is 0 Å². The molecule has 0 atom stereocenters. The van der Waals surface area contributed by atoms with E-state index in [-0.39, 0.29) is 27.1 Å². The Morgan fingerprint density at radius 3 is 1.97 bits per heavy atom. The summed E-state index contributed by atoms with van der Waals surface area (Å²) in [5.41, 5.74) is 24.5. The predicted molar refractivity (Wildman–Crippen MR) is 280 cm³/mol. The summed E-state index contributed by atoms with van der Waals surface area (Å²) in [5.74, 6) is 0. The molecule has 0 fully saturated rings. The van der Waals surface area contributed by atoms with E-state index in [1.165, 1.54) is 118 Å². The van der Waals surface area contributed by atoms with Crippen LogP contribution in [0.5, 0.6) is 0 Å². The van der Waals surface area contributed by atoms with Crippen LogP contribution in [-0.2, 0) is 27.1 Å². The van der Waals surface area contributed by atoms with Gasteiger partial charge >= 0.3 is 0 Å². The van der Waals surface area contributed by atoms with Crippen LogP contribution in [0.25, 0.3) is 71.7 Å². The molecule has 4 heteroatoms. The third-order valence-electron chi connectivity index (χ3n) is 16.1. The second-order valence-corrected chi connectivity index (χ2v) is 23.7. The number of hydrogen-bond donors (Lipinski definition) is 1. The summed E-state index contributed by atoms with van der Waals surface area (Å²) >= 11 is 0. The maximum atomic E-state index is 6.69. The van der Waals surface area contributed by atoms with Gasteiger partial charge in [-0.1, -0.05) is 149 Å². The molecule has 0 amide bonds. The number of para-hydroxylation sites is 1. The maximum absolute atomic E-state index is 6.69. The molecule has 0 unspecified atom stereocenters. The number of fused-ring (bicyclic) bond motifs is 13. The lowest BCUT2D eigenvalue weighted by molar-refractivity contribution is 0.332. The topological polar surface area (TPSA) is 30.1 Å². The van der Waals surface area contributed by atoms with Crippen LogP contribution in [0.2, 0.25) is 0 Å². The van der Waals surface area contributed by atoms with E-state index in [4.69, 9.17) is 4.42 Å². The lowest BCUT2D eigenvalue weighted by Crippen LogP contribution is -2.38. The number of furan rings is 1. The van der Waals surface area contributed by atoms with Crippen LogP contribution >= 0.6 is 0 Å². The van der Waals surface area contributed by atoms with Gasteiger partial charge in [-0.25, -0.2) is 0 Å². The van der Waals surface area contributed by atoms with Gasteiger partial charge in [0.25, 0.3) is 0 Å². The van der Waals surface area contributed by atoms with Gasteiger partial charge in [-0.3, -0.25) is 0 Å². The van der Waals surface area contributed by atoms with E-state index in [2.05, 4.69) is 208 Å². The molecule has 2 aliphatic carbocycles. The summed E-state index contributed by atoms with van der Waals surface area (Å²) in [5, 5.41) is 9.12. The average molecular weight is 849 g/mol. The Morgan fingerprint density at radius 2 is 1.25 bits per heavy atom. The van der Waals surface area contributed by atoms with Crippen LogP contribution in [0.4, 0.5) is 11.4 Å². The number of nitrogens with one attached hydrogen (secondary N) is 1. The van der Waals surface area contributed by atoms with Crippen molar-refractivity contribution in [3.05, 3.63) is 149 Å². The first-order valence-corrected chi connectivity index (χ1v) is 24.0. The normalized spacial score (nSPS) is 16.7. The largest absolute Gasteiger partial charge is 0.456 e. The summed E-state index contributed by atoms with van der Waals surface area (Å²) in [6.07, 6.45) is 2.34. The van der Waals surface area contributed by atoms with Gasteiger partial charge in [-0.2, -0.15) is 0 Å². The Labute approximate surface area is 385 Å². The molecule has 0 spiro atoms. The molecule has 0 saturated heterocycles. The van der Waals surface area contributed by atoms with Crippen LogP contribution in [0.15, 0.2) is 120 Å². The van der Waals surface area contributed by atoms with Crippen molar-refractivity contribution in [2.24, 2.45) is 0 Å². The van der Waals surface area contributed by atoms with E-state index in [1.807, 2.05) is 0 Å². The van der Waals surface area contributed by atoms with Crippen LogP contribution < -0.4 is 16.2 Å². The fourth-order valence-electron chi connectivity index (χ4n) is 12.3. The first kappa shape index (κ1) is 40.5. The van der Waals surface area contributed by atoms with Gasteiger partial charge < -0.3 is 14.3 Å². The Bertz CT molecular complexity index is 3520. The summed E-state index contributed by atoms with van der Waals surface area (Å²) in [7, 11) is 0.792. The third kappa shape index (κ3) is 5.74. The Kier molecular flexibility index (Phi) is 8.16. The quantitative estimate of drug-likeness (QED) is 0.180. The lowest BCUT2D eigenvalue weighted by atomic mass is 9.57. The van der Waals surface area contributed by atoms with Gasteiger partial charge in [-0.05, 0) is 145 Å². The Balaban J connectivity index is 1.27. The SMILES string of the molecule is CC(C)(C)c1ccc(Nc2ccc(C(C)(C)C)cc2-c2c3c(c4c5cc6c(cc5n5c4c2Bc2cc4oc7ccccc7c4cc2-5)C(C)(C)CCC6(C)C)-c2ccccc2C3(C)C)cc1. The fraction of sp³-hybridized carbons (Fsp3) is 0.311. The zero-order chi connectivity index (χ0) is 45.3. The molecule has 1 N–H and O–H groups in total. The highest BCUT2D eigenvalue weighted by molar-refractivity contribution is 6.74. The van der Waals surface area contributed by atoms with E-state index < -0.39 is 0 Å². The molecule has 7 aromatic carbocycles. The molecule has 0 radical (unpaired) electrons. The number of benzene rings is 7. The van der Waals surface area contributed by atoms with Crippen LogP contribution in [0, 0.1) is 0 Å². The molecule has 0 bridgehead atoms. The average Bonchev–Trinajstić information content (AvgIpc) is 3.87. The van der Waals surface area contributed by atoms with Gasteiger partial charge in [0, 0.05) is 55.1 Å². The highest BCUT2D eigenvalue weighted by Crippen LogP contribution is 2.58. The molecule has 1 aliphatic heterocycles. The van der Waals surface area contributed by atoms with E-state index in [9.17, 15) is 0 Å². The summed E-state index contributed by atoms with van der Waals surface area (Å²) in [6, 6.07) is 44.3. The van der Waals surface area contributed by atoms with E-state index in [0.717, 1.165) is 29.8 Å². The monoisotopic (exact) mass is 848 g/mol. The van der Waals surface area contributed by atoms with Gasteiger partial charge in [0.15, 0.2) is 7.28 Å². The van der Waals surface area contributed by atoms with Crippen molar-refractivity contribution in [1.29, 1.82) is 0 Å². The zero-order valence-corrected chi connectivity index (χ0v) is 40.4. The number of rotatable bonds is 3. The third-order valence-corrected chi connectivity index (χ3v) is 16.1. The van der Waals surface area contributed by atoms with Gasteiger partial charge in [0.05, 0.1) is 5.52 Å². The van der Waals surface area contributed by atoms with Crippen molar-refractivity contribution in [3.8, 4) is 27.9 Å². The second-order valence-electron chi connectivity index (χ2n) is 23.7. The van der Waals surface area contributed by atoms with E-state index >= 15 is 0 Å². The van der Waals surface area contributed by atoms with Crippen molar-refractivity contribution in [2.45, 2.75) is 123 Å². The summed E-state index contributed by atoms with van der Waals surface area (Å²) in [4.78, 5) is 0. The molecule has 2 aromatic heterocycles. The minimum atomic E-state index is -0.276. The molecule has 65 heavy (non-hydrogen) atoms. The molecular weight excluding hydrogens is 787 g/mol. The van der Waals surface area contributed by atoms with Crippen LogP contribution in [0.3, 0.4) is 0 Å². The molecule has 12 rings (SSSR count). The fourth-order valence-corrected chi connectivity index (χ4v) is 12.3. The van der Waals surface area contributed by atoms with Gasteiger partial charge in [0.2, 0.25) is 0 Å². The number of aromatic nitrogens is 1. The van der Waals surface area contributed by atoms with Crippen molar-refractivity contribution in [3.63, 3.8) is 0 Å².